The normalized spacial score (nSPS) is 24.2. The summed E-state index contributed by atoms with van der Waals surface area (Å²) in [5, 5.41) is 3.91. The molecule has 1 saturated carbocycles. The van der Waals surface area contributed by atoms with Gasteiger partial charge in [-0.2, -0.15) is 0 Å². The van der Waals surface area contributed by atoms with Gasteiger partial charge in [0.25, 0.3) is 0 Å². The van der Waals surface area contributed by atoms with Crippen LogP contribution in [0.5, 0.6) is 0 Å². The van der Waals surface area contributed by atoms with Gasteiger partial charge in [0.15, 0.2) is 0 Å². The van der Waals surface area contributed by atoms with Gasteiger partial charge in [0.1, 0.15) is 0 Å². The largest absolute Gasteiger partial charge is 0.314 e. The average Bonchev–Trinajstić information content (AvgIpc) is 2.52. The Balaban J connectivity index is 1.98. The van der Waals surface area contributed by atoms with Gasteiger partial charge in [-0.25, -0.2) is 0 Å². The van der Waals surface area contributed by atoms with Crippen molar-refractivity contribution in [2.24, 2.45) is 0 Å². The van der Waals surface area contributed by atoms with Crippen LogP contribution in [0.3, 0.4) is 0 Å². The monoisotopic (exact) mass is 307 g/mol. The molecule has 1 aliphatic rings. The van der Waals surface area contributed by atoms with Crippen molar-refractivity contribution in [2.75, 3.05) is 6.54 Å². The van der Waals surface area contributed by atoms with E-state index in [4.69, 9.17) is 0 Å². The summed E-state index contributed by atoms with van der Waals surface area (Å²) in [6, 6.07) is 8.95. The molecule has 2 rings (SSSR count). The van der Waals surface area contributed by atoms with E-state index in [9.17, 15) is 4.21 Å². The smallest absolute Gasteiger partial charge is 0.0561 e. The maximum absolute atomic E-state index is 12.8. The molecule has 0 heterocycles. The highest BCUT2D eigenvalue weighted by Gasteiger charge is 2.26. The minimum Gasteiger partial charge on any atom is -0.314 e. The molecule has 1 fully saturated rings. The summed E-state index contributed by atoms with van der Waals surface area (Å²) in [4.78, 5) is 1.00. The first-order valence-electron chi connectivity index (χ1n) is 8.35. The molecular weight excluding hydrogens is 278 g/mol. The first kappa shape index (κ1) is 16.7. The van der Waals surface area contributed by atoms with Gasteiger partial charge in [-0.15, -0.1) is 0 Å². The zero-order valence-corrected chi connectivity index (χ0v) is 14.4. The molecule has 0 aliphatic heterocycles. The Morgan fingerprint density at radius 3 is 2.57 bits per heavy atom. The third kappa shape index (κ3) is 4.65. The van der Waals surface area contributed by atoms with Gasteiger partial charge < -0.3 is 5.32 Å². The van der Waals surface area contributed by atoms with E-state index in [0.717, 1.165) is 24.3 Å². The fourth-order valence-corrected chi connectivity index (χ4v) is 4.63. The van der Waals surface area contributed by atoms with Crippen molar-refractivity contribution < 1.29 is 4.21 Å². The lowest BCUT2D eigenvalue weighted by atomic mass is 9.95. The number of hydrogen-bond donors (Lipinski definition) is 1. The first-order valence-corrected chi connectivity index (χ1v) is 9.57. The van der Waals surface area contributed by atoms with Crippen LogP contribution < -0.4 is 5.32 Å². The van der Waals surface area contributed by atoms with E-state index in [1.54, 1.807) is 0 Å². The Labute approximate surface area is 132 Å². The molecule has 1 aromatic carbocycles. The molecule has 2 nitrogen and oxygen atoms in total. The minimum absolute atomic E-state index is 0.318. The number of nitrogens with one attached hydrogen (secondary N) is 1. The Bertz CT molecular complexity index is 455. The van der Waals surface area contributed by atoms with Crippen LogP contribution in [-0.4, -0.2) is 22.0 Å². The van der Waals surface area contributed by atoms with E-state index >= 15 is 0 Å². The Morgan fingerprint density at radius 2 is 1.95 bits per heavy atom. The predicted molar refractivity (Wildman–Crippen MR) is 91.3 cm³/mol. The molecule has 0 saturated heterocycles. The third-order valence-corrected chi connectivity index (χ3v) is 6.16. The minimum atomic E-state index is -0.858. The van der Waals surface area contributed by atoms with Crippen molar-refractivity contribution in [3.05, 3.63) is 29.8 Å². The second kappa shape index (κ2) is 8.09. The van der Waals surface area contributed by atoms with Gasteiger partial charge in [0.2, 0.25) is 0 Å². The summed E-state index contributed by atoms with van der Waals surface area (Å²) in [5.41, 5.74) is 1.32. The van der Waals surface area contributed by atoms with Crippen LogP contribution in [0.4, 0.5) is 0 Å². The summed E-state index contributed by atoms with van der Waals surface area (Å²) < 4.78 is 12.8. The molecule has 0 aromatic heterocycles. The van der Waals surface area contributed by atoms with Crippen molar-refractivity contribution in [1.29, 1.82) is 0 Å². The average molecular weight is 308 g/mol. The molecule has 0 bridgehead atoms. The highest BCUT2D eigenvalue weighted by Crippen LogP contribution is 2.27. The molecule has 0 spiro atoms. The quantitative estimate of drug-likeness (QED) is 0.852. The highest BCUT2D eigenvalue weighted by atomic mass is 32.2. The first-order chi connectivity index (χ1) is 10.1. The van der Waals surface area contributed by atoms with E-state index in [0.29, 0.717) is 17.2 Å². The maximum atomic E-state index is 12.8. The van der Waals surface area contributed by atoms with Gasteiger partial charge in [-0.1, -0.05) is 39.3 Å². The number of rotatable bonds is 6. The van der Waals surface area contributed by atoms with Crippen molar-refractivity contribution >= 4 is 10.8 Å². The van der Waals surface area contributed by atoms with Crippen LogP contribution in [0.25, 0.3) is 0 Å². The van der Waals surface area contributed by atoms with Crippen LogP contribution in [0.2, 0.25) is 0 Å². The van der Waals surface area contributed by atoms with E-state index in [2.05, 4.69) is 50.4 Å². The molecule has 1 aromatic rings. The van der Waals surface area contributed by atoms with E-state index in [1.807, 2.05) is 0 Å². The Hall–Kier alpha value is -0.670. The lowest BCUT2D eigenvalue weighted by molar-refractivity contribution is 0.378. The Kier molecular flexibility index (Phi) is 6.43. The standard InChI is InChI=1S/C18H29NOS/c1-4-12-19-16-6-5-7-18(13-16)21(20)17-10-8-15(9-11-17)14(2)3/h8-11,14,16,18-19H,4-7,12-13H2,1-3H3. The van der Waals surface area contributed by atoms with Gasteiger partial charge in [-0.3, -0.25) is 4.21 Å². The summed E-state index contributed by atoms with van der Waals surface area (Å²) >= 11 is 0. The molecule has 1 aliphatic carbocycles. The van der Waals surface area contributed by atoms with Gasteiger partial charge in [-0.05, 0) is 55.8 Å². The van der Waals surface area contributed by atoms with E-state index < -0.39 is 10.8 Å². The summed E-state index contributed by atoms with van der Waals surface area (Å²) in [5.74, 6) is 0.532. The van der Waals surface area contributed by atoms with Crippen LogP contribution in [-0.2, 0) is 10.8 Å². The lowest BCUT2D eigenvalue weighted by Gasteiger charge is -2.29. The van der Waals surface area contributed by atoms with Crippen LogP contribution in [0.1, 0.15) is 64.4 Å². The summed E-state index contributed by atoms with van der Waals surface area (Å²) in [6.07, 6.45) is 5.75. The molecule has 0 radical (unpaired) electrons. The van der Waals surface area contributed by atoms with Gasteiger partial charge in [0, 0.05) is 16.2 Å². The highest BCUT2D eigenvalue weighted by molar-refractivity contribution is 7.85. The maximum Gasteiger partial charge on any atom is 0.0561 e. The topological polar surface area (TPSA) is 29.1 Å². The van der Waals surface area contributed by atoms with Gasteiger partial charge >= 0.3 is 0 Å². The van der Waals surface area contributed by atoms with Crippen LogP contribution >= 0.6 is 0 Å². The SMILES string of the molecule is CCCNC1CCCC(S(=O)c2ccc(C(C)C)cc2)C1. The lowest BCUT2D eigenvalue weighted by Crippen LogP contribution is -2.37. The van der Waals surface area contributed by atoms with Crippen LogP contribution in [0, 0.1) is 0 Å². The molecule has 21 heavy (non-hydrogen) atoms. The van der Waals surface area contributed by atoms with E-state index in [-0.39, 0.29) is 0 Å². The van der Waals surface area contributed by atoms with Crippen molar-refractivity contribution in [1.82, 2.24) is 5.32 Å². The molecule has 1 N–H and O–H groups in total. The Morgan fingerprint density at radius 1 is 1.24 bits per heavy atom. The zero-order chi connectivity index (χ0) is 15.2. The fourth-order valence-electron chi connectivity index (χ4n) is 3.05. The second-order valence-electron chi connectivity index (χ2n) is 6.46. The molecule has 3 unspecified atom stereocenters. The van der Waals surface area contributed by atoms with Crippen molar-refractivity contribution in [3.8, 4) is 0 Å². The van der Waals surface area contributed by atoms with Crippen molar-refractivity contribution in [3.63, 3.8) is 0 Å². The molecular formula is C18H29NOS. The molecule has 118 valence electrons. The molecule has 0 amide bonds. The third-order valence-electron chi connectivity index (χ3n) is 4.39. The summed E-state index contributed by atoms with van der Waals surface area (Å²) in [7, 11) is -0.858. The summed E-state index contributed by atoms with van der Waals surface area (Å²) in [6.45, 7) is 7.66. The zero-order valence-electron chi connectivity index (χ0n) is 13.6. The second-order valence-corrected chi connectivity index (χ2v) is 8.19. The molecule has 3 heteroatoms. The van der Waals surface area contributed by atoms with Gasteiger partial charge in [0.05, 0.1) is 10.8 Å². The predicted octanol–water partition coefficient (Wildman–Crippen LogP) is 4.23. The number of hydrogen-bond acceptors (Lipinski definition) is 2. The van der Waals surface area contributed by atoms with E-state index in [1.165, 1.54) is 24.8 Å². The molecule has 3 atom stereocenters. The fraction of sp³-hybridized carbons (Fsp3) is 0.667. The van der Waals surface area contributed by atoms with Crippen molar-refractivity contribution in [2.45, 2.75) is 75.0 Å². The van der Waals surface area contributed by atoms with Crippen LogP contribution in [0.15, 0.2) is 29.2 Å². The number of benzene rings is 1.